The number of nitrogens with zero attached hydrogens (tertiary/aromatic N) is 1. The number of hydrogen-bond acceptors (Lipinski definition) is 5. The van der Waals surface area contributed by atoms with Gasteiger partial charge >= 0.3 is 13.3 Å². The smallest absolute Gasteiger partial charge is 0.400 e. The number of hydrogen-bond donors (Lipinski definition) is 3. The van der Waals surface area contributed by atoms with Crippen LogP contribution in [0.4, 0.5) is 8.78 Å². The van der Waals surface area contributed by atoms with E-state index in [9.17, 15) is 18.1 Å². The number of ether oxygens (including phenoxy) is 1. The van der Waals surface area contributed by atoms with Gasteiger partial charge in [-0.15, -0.1) is 11.3 Å². The van der Waals surface area contributed by atoms with Gasteiger partial charge in [-0.3, -0.25) is 9.36 Å². The first-order valence-corrected chi connectivity index (χ1v) is 10.7. The number of carbonyl (C=O) groups excluding carboxylic acids is 1. The summed E-state index contributed by atoms with van der Waals surface area (Å²) in [6.45, 7) is 0.165. The van der Waals surface area contributed by atoms with Crippen LogP contribution in [0.25, 0.3) is 10.1 Å². The van der Waals surface area contributed by atoms with Crippen molar-refractivity contribution < 1.29 is 32.7 Å². The first kappa shape index (κ1) is 21.7. The summed E-state index contributed by atoms with van der Waals surface area (Å²) in [5, 5.41) is 8.65. The summed E-state index contributed by atoms with van der Waals surface area (Å²) < 4.78 is 45.1. The van der Waals surface area contributed by atoms with Crippen LogP contribution in [0.1, 0.15) is 34.5 Å². The molecule has 27 heavy (non-hydrogen) atoms. The Balaban J connectivity index is 2.55. The number of carbonyl (C=O) groups is 1. The van der Waals surface area contributed by atoms with E-state index < -0.39 is 24.0 Å². The molecule has 1 amide bonds. The number of nitrogens with two attached hydrogens (primary N) is 1. The zero-order chi connectivity index (χ0) is 20.4. The van der Waals surface area contributed by atoms with Crippen molar-refractivity contribution in [1.29, 1.82) is 5.26 Å². The number of nitriles is 1. The van der Waals surface area contributed by atoms with E-state index in [1.54, 1.807) is 0 Å². The highest BCUT2D eigenvalue weighted by Crippen LogP contribution is 2.63. The third kappa shape index (κ3) is 4.47. The van der Waals surface area contributed by atoms with Crippen molar-refractivity contribution in [2.75, 3.05) is 6.61 Å². The van der Waals surface area contributed by atoms with E-state index in [1.165, 1.54) is 12.1 Å². The number of thiophene rings is 1. The second kappa shape index (κ2) is 8.20. The molecule has 1 heterocycles. The van der Waals surface area contributed by atoms with E-state index >= 15 is 0 Å². The topological polar surface area (TPSA) is 134 Å². The van der Waals surface area contributed by atoms with Crippen LogP contribution in [0.3, 0.4) is 0 Å². The minimum absolute atomic E-state index is 0.000860. The van der Waals surface area contributed by atoms with Gasteiger partial charge in [0.05, 0.1) is 17.4 Å². The highest BCUT2D eigenvalue weighted by atomic mass is 79.9. The molecular formula is C15H14BrF2N2O5PS. The fourth-order valence-electron chi connectivity index (χ4n) is 2.20. The maximum absolute atomic E-state index is 14.2. The van der Waals surface area contributed by atoms with Gasteiger partial charge < -0.3 is 20.3 Å². The summed E-state index contributed by atoms with van der Waals surface area (Å²) >= 11 is 3.40. The average molecular weight is 483 g/mol. The molecule has 2 aromatic rings. The number of alkyl halides is 2. The maximum atomic E-state index is 14.2. The second-order valence-electron chi connectivity index (χ2n) is 5.51. The Kier molecular flexibility index (Phi) is 6.60. The summed E-state index contributed by atoms with van der Waals surface area (Å²) in [6.07, 6.45) is 1.43. The van der Waals surface area contributed by atoms with Crippen LogP contribution in [-0.4, -0.2) is 22.3 Å². The lowest BCUT2D eigenvalue weighted by Gasteiger charge is -2.16. The highest BCUT2D eigenvalue weighted by Gasteiger charge is 2.53. The van der Waals surface area contributed by atoms with E-state index in [2.05, 4.69) is 15.9 Å². The standard InChI is InChI=1S/C15H14BrF2N2O5PS/c16-11-9-6-8(14(20)21)7-10(25-5-3-1-2-4-19)12(9)27-13(11)15(17,18)26(22,23)24/h6-7H,1-3,5H2,(H2,20,21)(H2,22,23,24). The van der Waals surface area contributed by atoms with Crippen molar-refractivity contribution in [3.05, 3.63) is 27.0 Å². The molecule has 0 unspecified atom stereocenters. The number of benzene rings is 1. The molecule has 4 N–H and O–H groups in total. The molecule has 0 saturated heterocycles. The lowest BCUT2D eigenvalue weighted by molar-refractivity contribution is 0.0595. The molecule has 0 aliphatic rings. The second-order valence-corrected chi connectivity index (χ2v) is 8.97. The van der Waals surface area contributed by atoms with Crippen LogP contribution in [0, 0.1) is 11.3 Å². The van der Waals surface area contributed by atoms with Crippen molar-refractivity contribution in [3.63, 3.8) is 0 Å². The summed E-state index contributed by atoms with van der Waals surface area (Å²) in [4.78, 5) is 28.7. The van der Waals surface area contributed by atoms with Crippen molar-refractivity contribution >= 4 is 50.9 Å². The predicted molar refractivity (Wildman–Crippen MR) is 98.9 cm³/mol. The van der Waals surface area contributed by atoms with Crippen LogP contribution < -0.4 is 10.5 Å². The molecule has 0 aliphatic heterocycles. The monoisotopic (exact) mass is 482 g/mol. The number of fused-ring (bicyclic) bond motifs is 1. The summed E-state index contributed by atoms with van der Waals surface area (Å²) in [5.74, 6) is -0.718. The Labute approximate surface area is 165 Å². The molecular weight excluding hydrogens is 469 g/mol. The lowest BCUT2D eigenvalue weighted by atomic mass is 10.1. The van der Waals surface area contributed by atoms with Crippen molar-refractivity contribution in [2.24, 2.45) is 5.73 Å². The number of amides is 1. The van der Waals surface area contributed by atoms with E-state index in [0.717, 1.165) is 0 Å². The molecule has 146 valence electrons. The number of unbranched alkanes of at least 4 members (excludes halogenated alkanes) is 2. The summed E-state index contributed by atoms with van der Waals surface area (Å²) in [7, 11) is -5.77. The molecule has 2 rings (SSSR count). The molecule has 0 fully saturated rings. The van der Waals surface area contributed by atoms with E-state index in [1.807, 2.05) is 6.07 Å². The third-order valence-corrected chi connectivity index (χ3v) is 7.04. The zero-order valence-corrected chi connectivity index (χ0v) is 16.9. The number of halogens is 3. The van der Waals surface area contributed by atoms with Gasteiger partial charge in [0, 0.05) is 21.8 Å². The van der Waals surface area contributed by atoms with Crippen LogP contribution >= 0.6 is 34.9 Å². The van der Waals surface area contributed by atoms with Gasteiger partial charge in [0.1, 0.15) is 10.6 Å². The van der Waals surface area contributed by atoms with Crippen molar-refractivity contribution in [2.45, 2.75) is 24.9 Å². The molecule has 0 saturated carbocycles. The first-order valence-electron chi connectivity index (χ1n) is 7.50. The zero-order valence-electron chi connectivity index (χ0n) is 13.6. The minimum atomic E-state index is -5.77. The Morgan fingerprint density at radius 3 is 2.63 bits per heavy atom. The maximum Gasteiger partial charge on any atom is 0.400 e. The SMILES string of the molecule is N#CCCCCOc1cc(C(N)=O)cc2c(Br)c(C(F)(F)P(=O)(O)O)sc12. The van der Waals surface area contributed by atoms with Crippen LogP contribution in [0.15, 0.2) is 16.6 Å². The van der Waals surface area contributed by atoms with Gasteiger partial charge in [-0.25, -0.2) is 0 Å². The molecule has 0 bridgehead atoms. The fourth-order valence-corrected chi connectivity index (χ4v) is 5.18. The normalized spacial score (nSPS) is 12.1. The van der Waals surface area contributed by atoms with Gasteiger partial charge in [-0.05, 0) is 40.9 Å². The van der Waals surface area contributed by atoms with Crippen LogP contribution in [0.2, 0.25) is 0 Å². The Hall–Kier alpha value is -1.57. The molecule has 7 nitrogen and oxygen atoms in total. The predicted octanol–water partition coefficient (Wildman–Crippen LogP) is 4.06. The molecule has 1 aromatic heterocycles. The van der Waals surface area contributed by atoms with Crippen molar-refractivity contribution in [3.8, 4) is 11.8 Å². The highest BCUT2D eigenvalue weighted by molar-refractivity contribution is 9.10. The van der Waals surface area contributed by atoms with E-state index in [4.69, 9.17) is 25.5 Å². The van der Waals surface area contributed by atoms with E-state index in [-0.39, 0.29) is 32.5 Å². The van der Waals surface area contributed by atoms with Gasteiger partial charge in [0.2, 0.25) is 5.91 Å². The number of primary amides is 1. The molecule has 1 aromatic carbocycles. The van der Waals surface area contributed by atoms with Gasteiger partial charge in [-0.1, -0.05) is 0 Å². The van der Waals surface area contributed by atoms with Crippen LogP contribution in [0.5, 0.6) is 5.75 Å². The summed E-state index contributed by atoms with van der Waals surface area (Å²) in [6, 6.07) is 4.52. The fraction of sp³-hybridized carbons (Fsp3) is 0.333. The Morgan fingerprint density at radius 2 is 2.07 bits per heavy atom. The van der Waals surface area contributed by atoms with Gasteiger partial charge in [0.15, 0.2) is 0 Å². The summed E-state index contributed by atoms with van der Waals surface area (Å²) in [5.41, 5.74) is 0.854. The Morgan fingerprint density at radius 1 is 1.41 bits per heavy atom. The van der Waals surface area contributed by atoms with Gasteiger partial charge in [0.25, 0.3) is 0 Å². The van der Waals surface area contributed by atoms with Crippen molar-refractivity contribution in [1.82, 2.24) is 0 Å². The molecule has 0 aliphatic carbocycles. The number of rotatable bonds is 8. The minimum Gasteiger partial charge on any atom is -0.492 e. The quantitative estimate of drug-likeness (QED) is 0.383. The Bertz CT molecular complexity index is 969. The van der Waals surface area contributed by atoms with Crippen LogP contribution in [-0.2, 0) is 10.2 Å². The molecule has 0 radical (unpaired) electrons. The third-order valence-electron chi connectivity index (χ3n) is 3.56. The largest absolute Gasteiger partial charge is 0.492 e. The van der Waals surface area contributed by atoms with E-state index in [0.29, 0.717) is 30.6 Å². The molecule has 12 heteroatoms. The average Bonchev–Trinajstić information content (AvgIpc) is 2.91. The lowest BCUT2D eigenvalue weighted by Crippen LogP contribution is -2.12. The van der Waals surface area contributed by atoms with Gasteiger partial charge in [-0.2, -0.15) is 14.0 Å². The first-order chi connectivity index (χ1) is 12.5. The molecule has 0 spiro atoms. The molecule has 0 atom stereocenters.